The molecule has 0 unspecified atom stereocenters. The van der Waals surface area contributed by atoms with Gasteiger partial charge in [0.25, 0.3) is 5.91 Å². The van der Waals surface area contributed by atoms with Crippen molar-refractivity contribution in [2.45, 2.75) is 13.3 Å². The highest BCUT2D eigenvalue weighted by molar-refractivity contribution is 7.80. The molecule has 0 atom stereocenters. The number of hydrogen-bond acceptors (Lipinski definition) is 3. The van der Waals surface area contributed by atoms with Crippen molar-refractivity contribution in [3.05, 3.63) is 83.2 Å². The number of amides is 1. The third-order valence-electron chi connectivity index (χ3n) is 4.04. The molecule has 132 valence electrons. The molecule has 0 aliphatic carbocycles. The second-order valence-corrected chi connectivity index (χ2v) is 6.47. The summed E-state index contributed by atoms with van der Waals surface area (Å²) in [6.07, 6.45) is 0.876. The summed E-state index contributed by atoms with van der Waals surface area (Å²) >= 11 is 5.21. The highest BCUT2D eigenvalue weighted by Gasteiger charge is 2.12. The molecule has 5 nitrogen and oxygen atoms in total. The van der Waals surface area contributed by atoms with Crippen LogP contribution in [0.2, 0.25) is 0 Å². The number of aryl methyl sites for hydroxylation is 2. The van der Waals surface area contributed by atoms with Gasteiger partial charge in [-0.2, -0.15) is 5.10 Å². The Labute approximate surface area is 158 Å². The maximum atomic E-state index is 12.2. The van der Waals surface area contributed by atoms with E-state index in [0.717, 1.165) is 17.8 Å². The molecule has 0 aliphatic heterocycles. The molecule has 1 aromatic heterocycles. The van der Waals surface area contributed by atoms with E-state index in [1.165, 1.54) is 11.1 Å². The van der Waals surface area contributed by atoms with Crippen molar-refractivity contribution in [3.8, 4) is 0 Å². The Kier molecular flexibility index (Phi) is 5.43. The molecule has 0 saturated carbocycles. The largest absolute Gasteiger partial charge is 0.332 e. The van der Waals surface area contributed by atoms with Crippen molar-refractivity contribution in [2.75, 3.05) is 5.32 Å². The van der Waals surface area contributed by atoms with E-state index in [4.69, 9.17) is 12.2 Å². The maximum absolute atomic E-state index is 12.2. The summed E-state index contributed by atoms with van der Waals surface area (Å²) < 4.78 is 1.65. The van der Waals surface area contributed by atoms with Gasteiger partial charge in [0.1, 0.15) is 0 Å². The molecule has 0 spiro atoms. The Hall–Kier alpha value is -2.99. The minimum atomic E-state index is -0.327. The number of rotatable bonds is 4. The van der Waals surface area contributed by atoms with Gasteiger partial charge in [-0.3, -0.25) is 14.8 Å². The van der Waals surface area contributed by atoms with E-state index in [2.05, 4.69) is 27.9 Å². The van der Waals surface area contributed by atoms with Crippen molar-refractivity contribution in [1.29, 1.82) is 0 Å². The van der Waals surface area contributed by atoms with Gasteiger partial charge in [0.2, 0.25) is 0 Å². The van der Waals surface area contributed by atoms with Gasteiger partial charge in [-0.25, -0.2) is 0 Å². The smallest absolute Gasteiger partial charge is 0.277 e. The van der Waals surface area contributed by atoms with Crippen LogP contribution in [0.4, 0.5) is 5.69 Å². The van der Waals surface area contributed by atoms with E-state index in [1.807, 2.05) is 49.4 Å². The van der Waals surface area contributed by atoms with Gasteiger partial charge in [-0.05, 0) is 54.9 Å². The fraction of sp³-hybridized carbons (Fsp3) is 0.150. The average molecular weight is 364 g/mol. The number of nitrogens with zero attached hydrogens (tertiary/aromatic N) is 2. The van der Waals surface area contributed by atoms with Crippen LogP contribution in [0.15, 0.2) is 60.7 Å². The second kappa shape index (κ2) is 7.93. The summed E-state index contributed by atoms with van der Waals surface area (Å²) in [4.78, 5) is 12.2. The SMILES string of the molecule is Cc1cc(C(=O)NC(=S)Nc2ccc(Cc3ccccc3)cc2)nn1C. The second-order valence-electron chi connectivity index (χ2n) is 6.06. The standard InChI is InChI=1S/C20H20N4OS/c1-14-12-18(23-24(14)2)19(25)22-20(26)21-17-10-8-16(9-11-17)13-15-6-4-3-5-7-15/h3-12H,13H2,1-2H3,(H2,21,22,25,26). The molecule has 1 amide bonds. The van der Waals surface area contributed by atoms with Crippen LogP contribution in [0.25, 0.3) is 0 Å². The van der Waals surface area contributed by atoms with Crippen LogP contribution in [0, 0.1) is 6.92 Å². The number of hydrogen-bond donors (Lipinski definition) is 2. The van der Waals surface area contributed by atoms with Crippen LogP contribution >= 0.6 is 12.2 Å². The number of benzene rings is 2. The molecular formula is C20H20N4OS. The number of anilines is 1. The normalized spacial score (nSPS) is 10.4. The molecule has 2 N–H and O–H groups in total. The molecule has 2 aromatic carbocycles. The van der Waals surface area contributed by atoms with Crippen molar-refractivity contribution in [1.82, 2.24) is 15.1 Å². The van der Waals surface area contributed by atoms with Crippen molar-refractivity contribution < 1.29 is 4.79 Å². The van der Waals surface area contributed by atoms with Gasteiger partial charge in [0.05, 0.1) is 0 Å². The van der Waals surface area contributed by atoms with Crippen molar-refractivity contribution >= 4 is 28.9 Å². The molecule has 1 heterocycles. The number of thiocarbonyl (C=S) groups is 1. The molecule has 0 bridgehead atoms. The van der Waals surface area contributed by atoms with Gasteiger partial charge >= 0.3 is 0 Å². The van der Waals surface area contributed by atoms with E-state index in [-0.39, 0.29) is 11.0 Å². The van der Waals surface area contributed by atoms with Crippen LogP contribution < -0.4 is 10.6 Å². The molecule has 0 aliphatic rings. The lowest BCUT2D eigenvalue weighted by atomic mass is 10.1. The third kappa shape index (κ3) is 4.55. The summed E-state index contributed by atoms with van der Waals surface area (Å²) in [5.74, 6) is -0.327. The minimum absolute atomic E-state index is 0.245. The maximum Gasteiger partial charge on any atom is 0.277 e. The zero-order valence-electron chi connectivity index (χ0n) is 14.7. The van der Waals surface area contributed by atoms with E-state index in [9.17, 15) is 4.79 Å². The Bertz CT molecular complexity index is 897. The van der Waals surface area contributed by atoms with E-state index in [0.29, 0.717) is 5.69 Å². The zero-order chi connectivity index (χ0) is 18.5. The Morgan fingerprint density at radius 1 is 1.08 bits per heavy atom. The van der Waals surface area contributed by atoms with E-state index < -0.39 is 0 Å². The van der Waals surface area contributed by atoms with Gasteiger partial charge in [0, 0.05) is 18.4 Å². The summed E-state index contributed by atoms with van der Waals surface area (Å²) in [6, 6.07) is 20.0. The van der Waals surface area contributed by atoms with Crippen molar-refractivity contribution in [2.24, 2.45) is 7.05 Å². The molecule has 0 fully saturated rings. The van der Waals surface area contributed by atoms with Crippen LogP contribution in [-0.2, 0) is 13.5 Å². The topological polar surface area (TPSA) is 59.0 Å². The lowest BCUT2D eigenvalue weighted by Crippen LogP contribution is -2.34. The number of carbonyl (C=O) groups is 1. The fourth-order valence-corrected chi connectivity index (χ4v) is 2.75. The monoisotopic (exact) mass is 364 g/mol. The highest BCUT2D eigenvalue weighted by Crippen LogP contribution is 2.13. The Balaban J connectivity index is 1.56. The first-order valence-corrected chi connectivity index (χ1v) is 8.68. The molecular weight excluding hydrogens is 344 g/mol. The van der Waals surface area contributed by atoms with Gasteiger partial charge in [-0.15, -0.1) is 0 Å². The molecule has 0 radical (unpaired) electrons. The Morgan fingerprint density at radius 2 is 1.73 bits per heavy atom. The summed E-state index contributed by atoms with van der Waals surface area (Å²) in [5.41, 5.74) is 4.54. The zero-order valence-corrected chi connectivity index (χ0v) is 15.5. The minimum Gasteiger partial charge on any atom is -0.332 e. The molecule has 3 rings (SSSR count). The molecule has 0 saturated heterocycles. The number of nitrogens with one attached hydrogen (secondary N) is 2. The summed E-state index contributed by atoms with van der Waals surface area (Å²) in [6.45, 7) is 1.89. The van der Waals surface area contributed by atoms with Crippen LogP contribution in [0.3, 0.4) is 0 Å². The van der Waals surface area contributed by atoms with Crippen LogP contribution in [0.5, 0.6) is 0 Å². The first kappa shape index (κ1) is 17.8. The number of carbonyl (C=O) groups excluding carboxylic acids is 1. The third-order valence-corrected chi connectivity index (χ3v) is 4.24. The lowest BCUT2D eigenvalue weighted by molar-refractivity contribution is 0.0972. The van der Waals surface area contributed by atoms with Gasteiger partial charge < -0.3 is 5.32 Å². The highest BCUT2D eigenvalue weighted by atomic mass is 32.1. The first-order chi connectivity index (χ1) is 12.5. The average Bonchev–Trinajstić information content (AvgIpc) is 2.97. The molecule has 3 aromatic rings. The number of aromatic nitrogens is 2. The van der Waals surface area contributed by atoms with Crippen LogP contribution in [0.1, 0.15) is 27.3 Å². The quantitative estimate of drug-likeness (QED) is 0.696. The Morgan fingerprint density at radius 3 is 2.35 bits per heavy atom. The summed E-state index contributed by atoms with van der Waals surface area (Å²) in [5, 5.41) is 10.0. The van der Waals surface area contributed by atoms with Crippen LogP contribution in [-0.4, -0.2) is 20.8 Å². The van der Waals surface area contributed by atoms with E-state index in [1.54, 1.807) is 17.8 Å². The predicted molar refractivity (Wildman–Crippen MR) is 107 cm³/mol. The van der Waals surface area contributed by atoms with Gasteiger partial charge in [-0.1, -0.05) is 42.5 Å². The molecule has 6 heteroatoms. The van der Waals surface area contributed by atoms with Gasteiger partial charge in [0.15, 0.2) is 10.8 Å². The van der Waals surface area contributed by atoms with E-state index >= 15 is 0 Å². The predicted octanol–water partition coefficient (Wildman–Crippen LogP) is 3.45. The fourth-order valence-electron chi connectivity index (χ4n) is 2.54. The summed E-state index contributed by atoms with van der Waals surface area (Å²) in [7, 11) is 1.79. The molecule has 26 heavy (non-hydrogen) atoms. The lowest BCUT2D eigenvalue weighted by Gasteiger charge is -2.09. The van der Waals surface area contributed by atoms with Crippen molar-refractivity contribution in [3.63, 3.8) is 0 Å². The first-order valence-electron chi connectivity index (χ1n) is 8.27.